The number of halogens is 2. The highest BCUT2D eigenvalue weighted by atomic mass is 35.5. The molecule has 0 saturated heterocycles. The summed E-state index contributed by atoms with van der Waals surface area (Å²) in [5, 5.41) is 17.6. The fourth-order valence-corrected chi connectivity index (χ4v) is 4.47. The second-order valence-corrected chi connectivity index (χ2v) is 8.43. The summed E-state index contributed by atoms with van der Waals surface area (Å²) in [6, 6.07) is 10.1. The van der Waals surface area contributed by atoms with Crippen molar-refractivity contribution in [3.8, 4) is 0 Å². The Labute approximate surface area is 181 Å². The van der Waals surface area contributed by atoms with Crippen molar-refractivity contribution in [1.82, 2.24) is 10.3 Å². The number of fused-ring (bicyclic) bond motifs is 1. The number of carboxylic acid groups (broad SMARTS) is 1. The third-order valence-electron chi connectivity index (χ3n) is 4.02. The van der Waals surface area contributed by atoms with Crippen LogP contribution in [0.4, 0.5) is 5.69 Å². The SMILES string of the molecule is CCc1nc2ccc(NC(=S)N[C@H](CC(=O)O)c3ccc(Cl)cc3Cl)cc2s1. The number of carboxylic acids is 1. The number of hydrogen-bond acceptors (Lipinski definition) is 4. The Hall–Kier alpha value is -1.93. The monoisotopic (exact) mass is 453 g/mol. The summed E-state index contributed by atoms with van der Waals surface area (Å²) in [5.74, 6) is -0.968. The molecule has 1 atom stereocenters. The summed E-state index contributed by atoms with van der Waals surface area (Å²) in [7, 11) is 0. The van der Waals surface area contributed by atoms with E-state index in [1.807, 2.05) is 18.2 Å². The van der Waals surface area contributed by atoms with Crippen LogP contribution < -0.4 is 10.6 Å². The van der Waals surface area contributed by atoms with Gasteiger partial charge in [-0.2, -0.15) is 0 Å². The van der Waals surface area contributed by atoms with Crippen LogP contribution in [0.3, 0.4) is 0 Å². The van der Waals surface area contributed by atoms with Gasteiger partial charge in [-0.1, -0.05) is 36.2 Å². The molecule has 0 spiro atoms. The van der Waals surface area contributed by atoms with Gasteiger partial charge in [0.2, 0.25) is 0 Å². The third-order valence-corrected chi connectivity index (χ3v) is 5.96. The molecule has 1 aromatic heterocycles. The van der Waals surface area contributed by atoms with Gasteiger partial charge in [-0.3, -0.25) is 4.79 Å². The van der Waals surface area contributed by atoms with E-state index in [9.17, 15) is 9.90 Å². The number of hydrogen-bond donors (Lipinski definition) is 3. The molecule has 2 aromatic carbocycles. The maximum absolute atomic E-state index is 11.3. The number of nitrogens with zero attached hydrogens (tertiary/aromatic N) is 1. The first-order valence-electron chi connectivity index (χ1n) is 8.49. The van der Waals surface area contributed by atoms with E-state index in [0.717, 1.165) is 27.3 Å². The molecule has 0 aliphatic rings. The van der Waals surface area contributed by atoms with E-state index in [1.165, 1.54) is 0 Å². The van der Waals surface area contributed by atoms with Gasteiger partial charge in [0.25, 0.3) is 0 Å². The molecule has 0 aliphatic carbocycles. The fourth-order valence-electron chi connectivity index (χ4n) is 2.72. The molecule has 3 aromatic rings. The van der Waals surface area contributed by atoms with E-state index in [0.29, 0.717) is 20.7 Å². The van der Waals surface area contributed by atoms with Crippen LogP contribution in [0.1, 0.15) is 30.0 Å². The lowest BCUT2D eigenvalue weighted by atomic mass is 10.0. The predicted molar refractivity (Wildman–Crippen MR) is 120 cm³/mol. The fraction of sp³-hybridized carbons (Fsp3) is 0.211. The average Bonchev–Trinajstić information content (AvgIpc) is 3.03. The standard InChI is InChI=1S/C19H17Cl2N3O2S2/c1-2-17-23-14-6-4-11(8-16(14)28-17)22-19(27)24-15(9-18(25)26)12-5-3-10(20)7-13(12)21/h3-8,15H,2,9H2,1H3,(H,25,26)(H2,22,24,27)/t15-/m1/s1. The van der Waals surface area contributed by atoms with Crippen molar-refractivity contribution in [2.24, 2.45) is 0 Å². The van der Waals surface area contributed by atoms with E-state index >= 15 is 0 Å². The molecule has 0 fully saturated rings. The molecule has 0 unspecified atom stereocenters. The van der Waals surface area contributed by atoms with Crippen molar-refractivity contribution in [2.75, 3.05) is 5.32 Å². The lowest BCUT2D eigenvalue weighted by molar-refractivity contribution is -0.137. The number of aryl methyl sites for hydroxylation is 1. The number of anilines is 1. The lowest BCUT2D eigenvalue weighted by Gasteiger charge is -2.21. The minimum absolute atomic E-state index is 0.184. The lowest BCUT2D eigenvalue weighted by Crippen LogP contribution is -2.33. The summed E-state index contributed by atoms with van der Waals surface area (Å²) >= 11 is 19.2. The smallest absolute Gasteiger partial charge is 0.305 e. The molecule has 0 bridgehead atoms. The molecule has 3 N–H and O–H groups in total. The van der Waals surface area contributed by atoms with E-state index in [-0.39, 0.29) is 6.42 Å². The van der Waals surface area contributed by atoms with Crippen molar-refractivity contribution >= 4 is 73.7 Å². The molecule has 1 heterocycles. The number of nitrogens with one attached hydrogen (secondary N) is 2. The molecule has 5 nitrogen and oxygen atoms in total. The molecule has 3 rings (SSSR count). The van der Waals surface area contributed by atoms with Crippen LogP contribution in [0.2, 0.25) is 10.0 Å². The van der Waals surface area contributed by atoms with Gasteiger partial charge in [0, 0.05) is 15.7 Å². The Morgan fingerprint density at radius 2 is 2.07 bits per heavy atom. The summed E-state index contributed by atoms with van der Waals surface area (Å²) < 4.78 is 1.06. The molecule has 0 radical (unpaired) electrons. The summed E-state index contributed by atoms with van der Waals surface area (Å²) in [6.07, 6.45) is 0.706. The Bertz CT molecular complexity index is 1040. The van der Waals surface area contributed by atoms with Crippen molar-refractivity contribution in [1.29, 1.82) is 0 Å². The normalized spacial score (nSPS) is 12.0. The van der Waals surface area contributed by atoms with E-state index < -0.39 is 12.0 Å². The maximum Gasteiger partial charge on any atom is 0.305 e. The second-order valence-electron chi connectivity index (χ2n) is 6.06. The first-order chi connectivity index (χ1) is 13.4. The Balaban J connectivity index is 1.77. The first-order valence-corrected chi connectivity index (χ1v) is 10.5. The number of thiazole rings is 1. The van der Waals surface area contributed by atoms with Crippen molar-refractivity contribution in [3.63, 3.8) is 0 Å². The highest BCUT2D eigenvalue weighted by Gasteiger charge is 2.19. The molecular formula is C19H17Cl2N3O2S2. The van der Waals surface area contributed by atoms with Gasteiger partial charge in [0.05, 0.1) is 27.7 Å². The zero-order valence-corrected chi connectivity index (χ0v) is 18.0. The number of aliphatic carboxylic acids is 1. The van der Waals surface area contributed by atoms with Gasteiger partial charge in [0.1, 0.15) is 0 Å². The third kappa shape index (κ3) is 5.11. The van der Waals surface area contributed by atoms with E-state index in [2.05, 4.69) is 22.5 Å². The Morgan fingerprint density at radius 1 is 1.29 bits per heavy atom. The van der Waals surface area contributed by atoms with Gasteiger partial charge < -0.3 is 15.7 Å². The minimum atomic E-state index is -0.968. The number of aromatic nitrogens is 1. The largest absolute Gasteiger partial charge is 0.481 e. The maximum atomic E-state index is 11.3. The number of benzene rings is 2. The highest BCUT2D eigenvalue weighted by molar-refractivity contribution is 7.80. The van der Waals surface area contributed by atoms with Crippen LogP contribution >= 0.6 is 46.8 Å². The van der Waals surface area contributed by atoms with Gasteiger partial charge >= 0.3 is 5.97 Å². The van der Waals surface area contributed by atoms with Crippen molar-refractivity contribution in [3.05, 3.63) is 57.0 Å². The van der Waals surface area contributed by atoms with Gasteiger partial charge in [-0.25, -0.2) is 4.98 Å². The highest BCUT2D eigenvalue weighted by Crippen LogP contribution is 2.29. The van der Waals surface area contributed by atoms with E-state index in [1.54, 1.807) is 29.5 Å². The average molecular weight is 454 g/mol. The molecule has 9 heteroatoms. The predicted octanol–water partition coefficient (Wildman–Crippen LogP) is 5.67. The Kier molecular flexibility index (Phi) is 6.72. The van der Waals surface area contributed by atoms with Crippen molar-refractivity contribution < 1.29 is 9.90 Å². The summed E-state index contributed by atoms with van der Waals surface area (Å²) in [5.41, 5.74) is 2.36. The van der Waals surface area contributed by atoms with Crippen LogP contribution in [0.15, 0.2) is 36.4 Å². The van der Waals surface area contributed by atoms with Gasteiger partial charge in [0.15, 0.2) is 5.11 Å². The van der Waals surface area contributed by atoms with Crippen LogP contribution in [0, 0.1) is 0 Å². The van der Waals surface area contributed by atoms with Crippen molar-refractivity contribution in [2.45, 2.75) is 25.8 Å². The second kappa shape index (κ2) is 9.05. The molecular weight excluding hydrogens is 437 g/mol. The molecule has 146 valence electrons. The number of thiocarbonyl (C=S) groups is 1. The zero-order valence-electron chi connectivity index (χ0n) is 14.8. The van der Waals surface area contributed by atoms with Crippen LogP contribution in [0.5, 0.6) is 0 Å². The van der Waals surface area contributed by atoms with Crippen LogP contribution in [-0.4, -0.2) is 21.2 Å². The van der Waals surface area contributed by atoms with Crippen LogP contribution in [0.25, 0.3) is 10.2 Å². The van der Waals surface area contributed by atoms with Gasteiger partial charge in [-0.05, 0) is 54.5 Å². The van der Waals surface area contributed by atoms with E-state index in [4.69, 9.17) is 35.4 Å². The molecule has 0 aliphatic heterocycles. The summed E-state index contributed by atoms with van der Waals surface area (Å²) in [6.45, 7) is 2.07. The van der Waals surface area contributed by atoms with Gasteiger partial charge in [-0.15, -0.1) is 11.3 Å². The molecule has 0 saturated carbocycles. The molecule has 0 amide bonds. The zero-order chi connectivity index (χ0) is 20.3. The topological polar surface area (TPSA) is 74.2 Å². The quantitative estimate of drug-likeness (QED) is 0.417. The number of rotatable bonds is 6. The minimum Gasteiger partial charge on any atom is -0.481 e. The van der Waals surface area contributed by atoms with Crippen LogP contribution in [-0.2, 0) is 11.2 Å². The summed E-state index contributed by atoms with van der Waals surface area (Å²) in [4.78, 5) is 15.8. The Morgan fingerprint density at radius 3 is 2.75 bits per heavy atom. The first kappa shape index (κ1) is 20.8. The molecule has 28 heavy (non-hydrogen) atoms. The number of carbonyl (C=O) groups is 1.